The summed E-state index contributed by atoms with van der Waals surface area (Å²) in [5.41, 5.74) is 1.37. The SMILES string of the molecule is N#Cc1cc(N2CCCC2=O)ccc1C=O. The summed E-state index contributed by atoms with van der Waals surface area (Å²) in [7, 11) is 0. The van der Waals surface area contributed by atoms with Gasteiger partial charge >= 0.3 is 0 Å². The van der Waals surface area contributed by atoms with Gasteiger partial charge in [0.15, 0.2) is 6.29 Å². The summed E-state index contributed by atoms with van der Waals surface area (Å²) < 4.78 is 0. The molecule has 16 heavy (non-hydrogen) atoms. The van der Waals surface area contributed by atoms with Gasteiger partial charge in [-0.2, -0.15) is 5.26 Å². The maximum atomic E-state index is 11.5. The standard InChI is InChI=1S/C12H10N2O2/c13-7-10-6-11(4-3-9(10)8-15)14-5-1-2-12(14)16/h3-4,6,8H,1-2,5H2. The molecule has 1 aromatic carbocycles. The average molecular weight is 214 g/mol. The van der Waals surface area contributed by atoms with Gasteiger partial charge in [-0.25, -0.2) is 0 Å². The highest BCUT2D eigenvalue weighted by molar-refractivity contribution is 5.96. The third-order valence-corrected chi connectivity index (χ3v) is 2.67. The third-order valence-electron chi connectivity index (χ3n) is 2.67. The topological polar surface area (TPSA) is 61.2 Å². The van der Waals surface area contributed by atoms with E-state index >= 15 is 0 Å². The van der Waals surface area contributed by atoms with Crippen LogP contribution in [-0.2, 0) is 4.79 Å². The molecule has 80 valence electrons. The van der Waals surface area contributed by atoms with E-state index in [0.717, 1.165) is 6.42 Å². The molecule has 1 fully saturated rings. The van der Waals surface area contributed by atoms with Crippen molar-refractivity contribution in [3.8, 4) is 6.07 Å². The summed E-state index contributed by atoms with van der Waals surface area (Å²) in [6.45, 7) is 0.685. The third kappa shape index (κ3) is 1.68. The van der Waals surface area contributed by atoms with Crippen molar-refractivity contribution in [3.63, 3.8) is 0 Å². The Kier molecular flexibility index (Phi) is 2.69. The van der Waals surface area contributed by atoms with Gasteiger partial charge < -0.3 is 4.90 Å². The van der Waals surface area contributed by atoms with E-state index in [1.54, 1.807) is 23.1 Å². The Morgan fingerprint density at radius 1 is 1.44 bits per heavy atom. The van der Waals surface area contributed by atoms with E-state index < -0.39 is 0 Å². The molecule has 1 aliphatic rings. The van der Waals surface area contributed by atoms with Gasteiger partial charge in [0.2, 0.25) is 5.91 Å². The van der Waals surface area contributed by atoms with Gasteiger partial charge in [0.1, 0.15) is 0 Å². The first kappa shape index (κ1) is 10.4. The highest BCUT2D eigenvalue weighted by Crippen LogP contribution is 2.23. The Morgan fingerprint density at radius 2 is 2.25 bits per heavy atom. The van der Waals surface area contributed by atoms with Crippen molar-refractivity contribution in [2.45, 2.75) is 12.8 Å². The van der Waals surface area contributed by atoms with Gasteiger partial charge in [-0.3, -0.25) is 9.59 Å². The molecule has 0 aromatic heterocycles. The minimum Gasteiger partial charge on any atom is -0.312 e. The average Bonchev–Trinajstić information content (AvgIpc) is 2.74. The van der Waals surface area contributed by atoms with Crippen LogP contribution in [0.4, 0.5) is 5.69 Å². The number of hydrogen-bond donors (Lipinski definition) is 0. The fraction of sp³-hybridized carbons (Fsp3) is 0.250. The monoisotopic (exact) mass is 214 g/mol. The van der Waals surface area contributed by atoms with Crippen LogP contribution in [0.1, 0.15) is 28.8 Å². The Morgan fingerprint density at radius 3 is 2.81 bits per heavy atom. The van der Waals surface area contributed by atoms with E-state index in [1.165, 1.54) is 0 Å². The van der Waals surface area contributed by atoms with Crippen molar-refractivity contribution in [2.75, 3.05) is 11.4 Å². The molecule has 1 aliphatic heterocycles. The zero-order chi connectivity index (χ0) is 11.5. The van der Waals surface area contributed by atoms with Gasteiger partial charge in [0.25, 0.3) is 0 Å². The molecule has 0 spiro atoms. The lowest BCUT2D eigenvalue weighted by Crippen LogP contribution is -2.23. The first-order chi connectivity index (χ1) is 7.76. The molecular formula is C12H10N2O2. The zero-order valence-corrected chi connectivity index (χ0v) is 8.64. The second kappa shape index (κ2) is 4.15. The van der Waals surface area contributed by atoms with Crippen LogP contribution in [0.25, 0.3) is 0 Å². The predicted octanol–water partition coefficient (Wildman–Crippen LogP) is 1.50. The number of aldehydes is 1. The smallest absolute Gasteiger partial charge is 0.227 e. The number of hydrogen-bond acceptors (Lipinski definition) is 3. The van der Waals surface area contributed by atoms with Crippen LogP contribution in [0.5, 0.6) is 0 Å². The lowest BCUT2D eigenvalue weighted by atomic mass is 10.1. The molecule has 1 amide bonds. The number of amides is 1. The molecule has 0 unspecified atom stereocenters. The Bertz CT molecular complexity index is 488. The van der Waals surface area contributed by atoms with Gasteiger partial charge in [-0.1, -0.05) is 0 Å². The van der Waals surface area contributed by atoms with Crippen LogP contribution < -0.4 is 4.90 Å². The molecule has 2 rings (SSSR count). The van der Waals surface area contributed by atoms with Gasteiger partial charge in [-0.05, 0) is 24.6 Å². The van der Waals surface area contributed by atoms with Crippen LogP contribution in [-0.4, -0.2) is 18.7 Å². The lowest BCUT2D eigenvalue weighted by Gasteiger charge is -2.15. The molecule has 0 radical (unpaired) electrons. The summed E-state index contributed by atoms with van der Waals surface area (Å²) >= 11 is 0. The van der Waals surface area contributed by atoms with E-state index in [-0.39, 0.29) is 5.91 Å². The maximum Gasteiger partial charge on any atom is 0.227 e. The number of carbonyl (C=O) groups excluding carboxylic acids is 2. The lowest BCUT2D eigenvalue weighted by molar-refractivity contribution is -0.117. The van der Waals surface area contributed by atoms with Crippen LogP contribution in [0, 0.1) is 11.3 Å². The first-order valence-corrected chi connectivity index (χ1v) is 5.06. The minimum atomic E-state index is 0.0720. The van der Waals surface area contributed by atoms with Gasteiger partial charge in [0.05, 0.1) is 11.6 Å². The van der Waals surface area contributed by atoms with Crippen molar-refractivity contribution in [1.82, 2.24) is 0 Å². The summed E-state index contributed by atoms with van der Waals surface area (Å²) in [6.07, 6.45) is 2.04. The number of carbonyl (C=O) groups is 2. The van der Waals surface area contributed by atoms with Crippen molar-refractivity contribution in [3.05, 3.63) is 29.3 Å². The van der Waals surface area contributed by atoms with E-state index in [4.69, 9.17) is 5.26 Å². The van der Waals surface area contributed by atoms with Gasteiger partial charge in [0, 0.05) is 24.2 Å². The Hall–Kier alpha value is -2.15. The molecule has 0 atom stereocenters. The summed E-state index contributed by atoms with van der Waals surface area (Å²) in [4.78, 5) is 23.8. The zero-order valence-electron chi connectivity index (χ0n) is 8.64. The largest absolute Gasteiger partial charge is 0.312 e. The molecule has 4 nitrogen and oxygen atoms in total. The number of anilines is 1. The van der Waals surface area contributed by atoms with Crippen LogP contribution >= 0.6 is 0 Å². The fourth-order valence-corrected chi connectivity index (χ4v) is 1.83. The quantitative estimate of drug-likeness (QED) is 0.701. The Labute approximate surface area is 93.1 Å². The van der Waals surface area contributed by atoms with E-state index in [9.17, 15) is 9.59 Å². The molecule has 4 heteroatoms. The second-order valence-electron chi connectivity index (χ2n) is 3.65. The molecule has 1 heterocycles. The molecule has 0 bridgehead atoms. The molecule has 0 aliphatic carbocycles. The van der Waals surface area contributed by atoms with Gasteiger partial charge in [-0.15, -0.1) is 0 Å². The molecule has 1 saturated heterocycles. The van der Waals surface area contributed by atoms with E-state index in [1.807, 2.05) is 6.07 Å². The first-order valence-electron chi connectivity index (χ1n) is 5.06. The summed E-state index contributed by atoms with van der Waals surface area (Å²) in [5.74, 6) is 0.0720. The van der Waals surface area contributed by atoms with Crippen LogP contribution in [0.3, 0.4) is 0 Å². The van der Waals surface area contributed by atoms with Crippen molar-refractivity contribution in [1.29, 1.82) is 5.26 Å². The minimum absolute atomic E-state index is 0.0720. The normalized spacial score (nSPS) is 14.9. The van der Waals surface area contributed by atoms with E-state index in [0.29, 0.717) is 36.1 Å². The second-order valence-corrected chi connectivity index (χ2v) is 3.65. The number of benzene rings is 1. The summed E-state index contributed by atoms with van der Waals surface area (Å²) in [5, 5.41) is 8.87. The molecule has 0 N–H and O–H groups in total. The molecule has 0 saturated carbocycles. The Balaban J connectivity index is 2.40. The van der Waals surface area contributed by atoms with Crippen molar-refractivity contribution in [2.24, 2.45) is 0 Å². The van der Waals surface area contributed by atoms with Crippen molar-refractivity contribution < 1.29 is 9.59 Å². The fourth-order valence-electron chi connectivity index (χ4n) is 1.83. The van der Waals surface area contributed by atoms with E-state index in [2.05, 4.69) is 0 Å². The highest BCUT2D eigenvalue weighted by Gasteiger charge is 2.22. The maximum absolute atomic E-state index is 11.5. The summed E-state index contributed by atoms with van der Waals surface area (Å²) in [6, 6.07) is 6.82. The van der Waals surface area contributed by atoms with Crippen LogP contribution in [0.2, 0.25) is 0 Å². The highest BCUT2D eigenvalue weighted by atomic mass is 16.2. The number of nitrogens with zero attached hydrogens (tertiary/aromatic N) is 2. The molecule has 1 aromatic rings. The number of nitriles is 1. The van der Waals surface area contributed by atoms with Crippen LogP contribution in [0.15, 0.2) is 18.2 Å². The molecular weight excluding hydrogens is 204 g/mol. The number of rotatable bonds is 2. The predicted molar refractivity (Wildman–Crippen MR) is 58.1 cm³/mol. The van der Waals surface area contributed by atoms with Crippen molar-refractivity contribution >= 4 is 17.9 Å².